The largest absolute Gasteiger partial charge is 0.481 e. The van der Waals surface area contributed by atoms with Crippen molar-refractivity contribution in [2.45, 2.75) is 69.1 Å². The van der Waals surface area contributed by atoms with Gasteiger partial charge in [0.2, 0.25) is 5.36 Å². The van der Waals surface area contributed by atoms with E-state index in [0.717, 1.165) is 22.2 Å². The molecule has 3 N–H and O–H groups in total. The first-order chi connectivity index (χ1) is 25.8. The van der Waals surface area contributed by atoms with Crippen molar-refractivity contribution in [2.24, 2.45) is 0 Å². The van der Waals surface area contributed by atoms with Crippen LogP contribution in [0.25, 0.3) is 17.4 Å². The van der Waals surface area contributed by atoms with Gasteiger partial charge in [0.25, 0.3) is 20.2 Å². The van der Waals surface area contributed by atoms with Gasteiger partial charge in [-0.2, -0.15) is 16.8 Å². The molecule has 0 radical (unpaired) electrons. The number of nitrogens with zero attached hydrogens (tertiary/aromatic N) is 2. The van der Waals surface area contributed by atoms with Gasteiger partial charge in [0.1, 0.15) is 24.7 Å². The average molecular weight is 802 g/mol. The zero-order valence-electron chi connectivity index (χ0n) is 32.3. The maximum Gasteiger partial charge on any atom is 0.303 e. The lowest BCUT2D eigenvalue weighted by Crippen LogP contribution is -2.35. The topological polar surface area (TPSA) is 184 Å². The molecule has 13 nitrogen and oxygen atoms in total. The second-order valence-corrected chi connectivity index (χ2v) is 17.8. The van der Waals surface area contributed by atoms with Crippen molar-refractivity contribution in [3.05, 3.63) is 94.7 Å². The Kier molecular flexibility index (Phi) is 14.4. The van der Waals surface area contributed by atoms with Gasteiger partial charge < -0.3 is 23.9 Å². The number of rotatable bonds is 18. The minimum absolute atomic E-state index is 0.0578. The van der Waals surface area contributed by atoms with E-state index in [1.807, 2.05) is 42.2 Å². The van der Waals surface area contributed by atoms with E-state index < -0.39 is 37.4 Å². The number of carboxylic acids is 1. The Balaban J connectivity index is 1.78. The Hall–Kier alpha value is -4.12. The third-order valence-corrected chi connectivity index (χ3v) is 11.3. The summed E-state index contributed by atoms with van der Waals surface area (Å²) in [5, 5.41) is 10.4. The fourth-order valence-electron chi connectivity index (χ4n) is 6.92. The van der Waals surface area contributed by atoms with Crippen molar-refractivity contribution >= 4 is 38.0 Å². The van der Waals surface area contributed by atoms with Crippen LogP contribution in [-0.2, 0) is 45.3 Å². The smallest absolute Gasteiger partial charge is 0.303 e. The molecule has 1 unspecified atom stereocenters. The predicted molar refractivity (Wildman–Crippen MR) is 213 cm³/mol. The van der Waals surface area contributed by atoms with Gasteiger partial charge in [0, 0.05) is 55.6 Å². The van der Waals surface area contributed by atoms with Crippen molar-refractivity contribution in [3.8, 4) is 11.3 Å². The fraction of sp³-hybridized carbons (Fsp3) is 0.450. The lowest BCUT2D eigenvalue weighted by atomic mass is 9.77. The Morgan fingerprint density at radius 3 is 2.24 bits per heavy atom. The van der Waals surface area contributed by atoms with E-state index in [1.165, 1.54) is 12.1 Å². The molecule has 0 fully saturated rings. The molecule has 0 saturated carbocycles. The molecule has 1 aromatic rings. The summed E-state index contributed by atoms with van der Waals surface area (Å²) in [5.74, 6) is -0.118. The number of allylic oxidation sites excluding steroid dienone is 5. The van der Waals surface area contributed by atoms with Gasteiger partial charge in [0.15, 0.2) is 13.1 Å². The van der Waals surface area contributed by atoms with Gasteiger partial charge >= 0.3 is 5.97 Å². The number of hydrogen-bond acceptors (Lipinski definition) is 9. The maximum atomic E-state index is 12.1. The van der Waals surface area contributed by atoms with Crippen LogP contribution < -0.4 is 14.8 Å². The molecular weight excluding hydrogens is 749 g/mol. The number of carbonyl (C=O) groups is 1. The molecule has 0 aromatic heterocycles. The highest BCUT2D eigenvalue weighted by atomic mass is 32.2. The van der Waals surface area contributed by atoms with Crippen LogP contribution >= 0.6 is 0 Å². The van der Waals surface area contributed by atoms with Crippen LogP contribution in [0, 0.1) is 0 Å². The van der Waals surface area contributed by atoms with Gasteiger partial charge in [-0.25, -0.2) is 4.58 Å². The molecule has 1 atom stereocenters. The number of carboxylic acid groups (broad SMARTS) is 1. The lowest BCUT2D eigenvalue weighted by Gasteiger charge is -2.30. The summed E-state index contributed by atoms with van der Waals surface area (Å²) >= 11 is 0. The van der Waals surface area contributed by atoms with Crippen molar-refractivity contribution in [1.29, 1.82) is 0 Å². The zero-order chi connectivity index (χ0) is 40.6. The van der Waals surface area contributed by atoms with Crippen molar-refractivity contribution < 1.29 is 49.7 Å². The van der Waals surface area contributed by atoms with Crippen LogP contribution in [0.2, 0.25) is 0 Å². The van der Waals surface area contributed by atoms with Gasteiger partial charge in [-0.05, 0) is 85.2 Å². The van der Waals surface area contributed by atoms with E-state index in [9.17, 15) is 35.8 Å². The summed E-state index contributed by atoms with van der Waals surface area (Å²) in [6.07, 6.45) is 9.60. The fourth-order valence-corrected chi connectivity index (χ4v) is 7.92. The molecule has 4 rings (SSSR count). The van der Waals surface area contributed by atoms with Gasteiger partial charge in [-0.3, -0.25) is 13.9 Å². The predicted octanol–water partition coefficient (Wildman–Crippen LogP) is 5.76. The van der Waals surface area contributed by atoms with E-state index in [-0.39, 0.29) is 36.1 Å². The first-order valence-corrected chi connectivity index (χ1v) is 21.1. The normalized spacial score (nSPS) is 17.2. The number of anilines is 1. The molecule has 2 aliphatic heterocycles. The molecular formula is C40H53N2O11S2+. The molecule has 0 saturated heterocycles. The number of benzene rings is 2. The van der Waals surface area contributed by atoms with Crippen LogP contribution in [0.4, 0.5) is 5.69 Å². The second kappa shape index (κ2) is 18.2. The Morgan fingerprint density at radius 1 is 0.945 bits per heavy atom. The molecule has 2 heterocycles. The van der Waals surface area contributed by atoms with Crippen LogP contribution in [0.1, 0.15) is 70.3 Å². The number of ether oxygens (including phenoxy) is 2. The molecule has 1 aromatic carbocycles. The molecule has 3 aliphatic rings. The van der Waals surface area contributed by atoms with Gasteiger partial charge in [-0.15, -0.1) is 0 Å². The SMILES string of the molecule is COCC[N+](CCOC)=c1ccc2c(C(C)(C)C)cc(C=CC=CC=C3N(CCCS(=O)(=O)O)c4ccc(S(=O)(=O)O)cc4C3(C)CCCC(=O)O)oc-2c1. The second-order valence-electron chi connectivity index (χ2n) is 14.8. The van der Waals surface area contributed by atoms with Gasteiger partial charge in [0.05, 0.1) is 16.7 Å². The van der Waals surface area contributed by atoms with Crippen LogP contribution in [0.3, 0.4) is 0 Å². The standard InChI is InChI=1S/C40H52N2O11S2/c1-39(2,3)33-27-30(53-36-26-29(15-17-32(33)36)41(21-23-51-5)22-24-52-6)12-8-7-9-13-37-40(4,19-10-14-38(43)44)34-28-31(55(48,49)50)16-18-35(34)42(37)20-11-25-54(45,46)47/h7-9,12-13,15-18,26-28H,10-11,14,19-25H2,1-6H3,(H2-,43,44,45,46,47,48,49,50)/p+1. The van der Waals surface area contributed by atoms with Crippen molar-refractivity contribution in [2.75, 3.05) is 57.7 Å². The van der Waals surface area contributed by atoms with Crippen LogP contribution in [0.5, 0.6) is 0 Å². The number of methoxy groups -OCH3 is 2. The monoisotopic (exact) mass is 801 g/mol. The quantitative estimate of drug-likeness (QED) is 0.0805. The Labute approximate surface area is 324 Å². The molecule has 0 bridgehead atoms. The maximum absolute atomic E-state index is 12.1. The van der Waals surface area contributed by atoms with Crippen molar-refractivity contribution in [1.82, 2.24) is 4.58 Å². The molecule has 0 spiro atoms. The Bertz CT molecular complexity index is 2190. The first kappa shape index (κ1) is 43.6. The summed E-state index contributed by atoms with van der Waals surface area (Å²) in [6.45, 7) is 10.9. The van der Waals surface area contributed by atoms with E-state index in [2.05, 4.69) is 37.5 Å². The summed E-state index contributed by atoms with van der Waals surface area (Å²) in [7, 11) is -5.47. The van der Waals surface area contributed by atoms with Gasteiger partial charge in [-0.1, -0.05) is 39.0 Å². The van der Waals surface area contributed by atoms with E-state index in [4.69, 9.17) is 13.9 Å². The lowest BCUT2D eigenvalue weighted by molar-refractivity contribution is -0.137. The highest BCUT2D eigenvalue weighted by molar-refractivity contribution is 7.86. The molecule has 15 heteroatoms. The Morgan fingerprint density at radius 2 is 1.64 bits per heavy atom. The summed E-state index contributed by atoms with van der Waals surface area (Å²) in [5.41, 5.74) is 2.81. The minimum atomic E-state index is -4.56. The molecule has 55 heavy (non-hydrogen) atoms. The number of fused-ring (bicyclic) bond motifs is 2. The van der Waals surface area contributed by atoms with Crippen molar-refractivity contribution in [3.63, 3.8) is 0 Å². The third kappa shape index (κ3) is 11.5. The average Bonchev–Trinajstić information content (AvgIpc) is 3.32. The third-order valence-electron chi connectivity index (χ3n) is 9.67. The summed E-state index contributed by atoms with van der Waals surface area (Å²) in [4.78, 5) is 13.0. The van der Waals surface area contributed by atoms with E-state index in [1.54, 1.807) is 32.4 Å². The van der Waals surface area contributed by atoms with E-state index >= 15 is 0 Å². The van der Waals surface area contributed by atoms with E-state index in [0.29, 0.717) is 55.4 Å². The summed E-state index contributed by atoms with van der Waals surface area (Å²) < 4.78 is 86.0. The number of hydrogen-bond donors (Lipinski definition) is 3. The highest BCUT2D eigenvalue weighted by Crippen LogP contribution is 2.51. The summed E-state index contributed by atoms with van der Waals surface area (Å²) in [6, 6.07) is 12.4. The molecule has 0 amide bonds. The number of aliphatic carboxylic acids is 1. The first-order valence-electron chi connectivity index (χ1n) is 18.0. The zero-order valence-corrected chi connectivity index (χ0v) is 34.0. The van der Waals surface area contributed by atoms with Crippen LogP contribution in [-0.4, -0.2) is 89.8 Å². The highest BCUT2D eigenvalue weighted by Gasteiger charge is 2.43. The van der Waals surface area contributed by atoms with Crippen LogP contribution in [0.15, 0.2) is 81.8 Å². The molecule has 300 valence electrons. The molecule has 1 aliphatic carbocycles. The minimum Gasteiger partial charge on any atom is -0.481 e.